The molecule has 0 unspecified atom stereocenters. The number of ether oxygens (including phenoxy) is 10. The minimum absolute atomic E-state index is 0.00195. The molecule has 0 bridgehead atoms. The van der Waals surface area contributed by atoms with E-state index >= 15 is 0 Å². The lowest BCUT2D eigenvalue weighted by Crippen LogP contribution is -2.41. The Morgan fingerprint density at radius 3 is 1.26 bits per heavy atom. The van der Waals surface area contributed by atoms with E-state index in [4.69, 9.17) is 100 Å². The van der Waals surface area contributed by atoms with Crippen molar-refractivity contribution in [3.8, 4) is 11.3 Å². The summed E-state index contributed by atoms with van der Waals surface area (Å²) in [5, 5.41) is 23.2. The van der Waals surface area contributed by atoms with Crippen molar-refractivity contribution in [2.24, 2.45) is 0 Å². The molecule has 9 aromatic rings. The van der Waals surface area contributed by atoms with Gasteiger partial charge in [-0.2, -0.15) is 0 Å². The normalized spacial score (nSPS) is 21.1. The summed E-state index contributed by atoms with van der Waals surface area (Å²) in [4.78, 5) is 66.3. The Morgan fingerprint density at radius 1 is 0.451 bits per heavy atom. The van der Waals surface area contributed by atoms with E-state index in [1.54, 1.807) is 49.4 Å². The van der Waals surface area contributed by atoms with E-state index in [0.717, 1.165) is 182 Å². The molecule has 3 saturated carbocycles. The number of rotatable bonds is 13. The van der Waals surface area contributed by atoms with Crippen molar-refractivity contribution in [1.29, 1.82) is 0 Å². The fourth-order valence-electron chi connectivity index (χ4n) is 17.3. The van der Waals surface area contributed by atoms with Crippen molar-refractivity contribution >= 4 is 98.0 Å². The third-order valence-corrected chi connectivity index (χ3v) is 26.6. The minimum atomic E-state index is -1.76. The largest absolute Gasteiger partial charge is 0.490 e. The van der Waals surface area contributed by atoms with Crippen LogP contribution in [0.3, 0.4) is 0 Å². The number of nitrogen functional groups attached to an aromatic ring is 5. The number of carbonyl (C=O) groups is 2. The van der Waals surface area contributed by atoms with Crippen LogP contribution in [0.25, 0.3) is 16.8 Å². The highest BCUT2D eigenvalue weighted by molar-refractivity contribution is 9.10. The number of anilines is 5. The van der Waals surface area contributed by atoms with Gasteiger partial charge in [0.25, 0.3) is 11.8 Å². The smallest absolute Gasteiger partial charge is 0.423 e. The zero-order valence-electron chi connectivity index (χ0n) is 75.1. The summed E-state index contributed by atoms with van der Waals surface area (Å²) in [6, 6.07) is 26.6. The van der Waals surface area contributed by atoms with Gasteiger partial charge in [0.15, 0.2) is 34.8 Å². The van der Waals surface area contributed by atoms with Gasteiger partial charge in [0.1, 0.15) is 49.8 Å². The summed E-state index contributed by atoms with van der Waals surface area (Å²) in [6.45, 7) is 15.9. The van der Waals surface area contributed by atoms with Crippen LogP contribution in [-0.2, 0) is 69.8 Å². The zero-order valence-corrected chi connectivity index (χ0v) is 78.3. The van der Waals surface area contributed by atoms with Crippen molar-refractivity contribution in [3.05, 3.63) is 230 Å². The van der Waals surface area contributed by atoms with E-state index in [1.165, 1.54) is 41.5 Å². The van der Waals surface area contributed by atoms with Crippen LogP contribution in [-0.4, -0.2) is 192 Å². The lowest BCUT2D eigenvalue weighted by Gasteiger charge is -2.35. The molecule has 5 aliphatic carbocycles. The van der Waals surface area contributed by atoms with Crippen molar-refractivity contribution in [1.82, 2.24) is 60.5 Å². The molecular weight excluding hydrogens is 1840 g/mol. The van der Waals surface area contributed by atoms with Gasteiger partial charge in [0.2, 0.25) is 0 Å². The van der Waals surface area contributed by atoms with E-state index in [-0.39, 0.29) is 69.8 Å². The van der Waals surface area contributed by atoms with Crippen molar-refractivity contribution < 1.29 is 85.1 Å². The number of hydrogen-bond donors (Lipinski definition) is 9. The van der Waals surface area contributed by atoms with Gasteiger partial charge in [-0.15, -0.1) is 0 Å². The lowest BCUT2D eigenvalue weighted by molar-refractivity contribution is -0.179. The Morgan fingerprint density at radius 2 is 0.865 bits per heavy atom. The molecule has 4 aromatic carbocycles. The van der Waals surface area contributed by atoms with Gasteiger partial charge in [-0.3, -0.25) is 19.6 Å². The fourth-order valence-corrected chi connectivity index (χ4v) is 17.8. The molecular formula is C94H115B2Br2F2N17O16. The van der Waals surface area contributed by atoms with Crippen molar-refractivity contribution in [2.45, 2.75) is 214 Å². The van der Waals surface area contributed by atoms with Crippen molar-refractivity contribution in [3.63, 3.8) is 0 Å². The quantitative estimate of drug-likeness (QED) is 0.0484. The molecule has 33 nitrogen and oxygen atoms in total. The topological polar surface area (TPSA) is 468 Å². The van der Waals surface area contributed by atoms with Crippen LogP contribution in [0.4, 0.5) is 37.9 Å². The molecule has 0 radical (unpaired) electrons. The SMILES string of the molecule is CC1(C)OB(C2=CCC3(CC2)OCCO3)OC1(C)C.Nc1cnc(Br)cn1.Nc1cnc(C2=CCC3(CC2)OCCO3)cn1.Nc1cnc(C2CCC3(CC2)OCCO3)cn1.Nc1ncc(C2CCC3(CC2)OCCO3)nc1-c1ccc(C(=O)NCc2ccccc2)c(F)c1.Nc1ncc(C2CCC3(CC2)OCCO3)nc1Br.O=C(NCc1ccccc1)c1ccc(B(O)O)cc1F. The summed E-state index contributed by atoms with van der Waals surface area (Å²) in [5.74, 6) is -1.13. The minimum Gasteiger partial charge on any atom is -0.423 e. The highest BCUT2D eigenvalue weighted by Crippen LogP contribution is 2.48. The summed E-state index contributed by atoms with van der Waals surface area (Å²) < 4.78 is 99.3. The molecule has 6 aliphatic heterocycles. The molecule has 133 heavy (non-hydrogen) atoms. The third kappa shape index (κ3) is 26.4. The van der Waals surface area contributed by atoms with Crippen LogP contribution < -0.4 is 44.8 Å². The summed E-state index contributed by atoms with van der Waals surface area (Å²) in [6.07, 6.45) is 33.9. The number of nitrogens with two attached hydrogens (primary N) is 5. The predicted molar refractivity (Wildman–Crippen MR) is 501 cm³/mol. The first-order valence-electron chi connectivity index (χ1n) is 45.0. The second-order valence-corrected chi connectivity index (χ2v) is 36.5. The van der Waals surface area contributed by atoms with Gasteiger partial charge in [0, 0.05) is 101 Å². The van der Waals surface area contributed by atoms with E-state index in [2.05, 4.69) is 127 Å². The first-order valence-corrected chi connectivity index (χ1v) is 46.6. The first-order chi connectivity index (χ1) is 64.0. The highest BCUT2D eigenvalue weighted by Gasteiger charge is 2.54. The molecule has 20 rings (SSSR count). The van der Waals surface area contributed by atoms with Crippen LogP contribution >= 0.6 is 31.9 Å². The molecule has 0 atom stereocenters. The predicted octanol–water partition coefficient (Wildman–Crippen LogP) is 13.0. The number of allylic oxidation sites excluding steroid dienone is 2. The van der Waals surface area contributed by atoms with Crippen molar-refractivity contribution in [2.75, 3.05) is 94.7 Å². The number of halogens is 4. The van der Waals surface area contributed by atoms with Gasteiger partial charge >= 0.3 is 14.2 Å². The van der Waals surface area contributed by atoms with Crippen LogP contribution in [0, 0.1) is 11.6 Å². The molecule has 39 heteroatoms. The second-order valence-electron chi connectivity index (χ2n) is 35.0. The van der Waals surface area contributed by atoms with Crippen LogP contribution in [0.5, 0.6) is 0 Å². The number of amides is 2. The Bertz CT molecular complexity index is 5350. The second kappa shape index (κ2) is 45.2. The maximum absolute atomic E-state index is 14.9. The number of benzene rings is 4. The first kappa shape index (κ1) is 99.1. The molecule has 5 aromatic heterocycles. The van der Waals surface area contributed by atoms with Crippen LogP contribution in [0.2, 0.25) is 0 Å². The maximum atomic E-state index is 14.9. The standard InChI is InChI=1S/C26H27FN4O3.C14H13BFNO3.C14H23BO4.C12H16BrN3O2.C12H17N3O2.C12H15N3O2.C4H4BrN3/c27-21-14-19(6-7-20(21)25(32)30-15-17-4-2-1-3-5-17)23-24(28)29-16-22(31-23)18-8-10-26(11-9-18)33-12-13-34-26;16-13-8-11(15(19)20)6-7-12(13)14(18)17-9-10-4-2-1-3-5-10;1-12(2)13(3,4)19-15(18-12)11-5-7-14(8-6-11)16-9-10-17-14;13-10-11(14)15-7-9(16-10)8-1-3-12(4-2-8)17-5-6-18-12;2*13-11-8-14-10(7-15-11)9-1-3-12(4-2-9)16-5-6-17-12;5-3-1-8-4(6)2-7-3/h1-7,14,16,18H,8-13,15H2,(H2,28,29)(H,30,32);1-8,19-20H,9H2,(H,17,18);5H,6-10H2,1-4H3;7-8H,1-6H2,(H2,14,15);7-9H,1-6H2,(H2,13,15);1,7-8H,2-6H2,(H2,13,15);1-2H,(H2,6,8). The zero-order chi connectivity index (χ0) is 93.8. The Labute approximate surface area is 789 Å². The van der Waals surface area contributed by atoms with Crippen LogP contribution in [0.1, 0.15) is 216 Å². The Hall–Kier alpha value is -9.91. The van der Waals surface area contributed by atoms with Gasteiger partial charge < -0.3 is 106 Å². The van der Waals surface area contributed by atoms with Gasteiger partial charge in [-0.05, 0) is 163 Å². The molecule has 14 N–H and O–H groups in total. The summed E-state index contributed by atoms with van der Waals surface area (Å²) in [7, 11) is -1.98. The Balaban J connectivity index is 0.000000128. The summed E-state index contributed by atoms with van der Waals surface area (Å²) in [5.41, 5.74) is 36.2. The van der Waals surface area contributed by atoms with Gasteiger partial charge in [0.05, 0.1) is 161 Å². The number of nitrogens with zero attached hydrogens (tertiary/aromatic N) is 10. The van der Waals surface area contributed by atoms with E-state index in [9.17, 15) is 18.4 Å². The average molecular weight is 1960 g/mol. The van der Waals surface area contributed by atoms with Gasteiger partial charge in [-0.25, -0.2) is 48.7 Å². The van der Waals surface area contributed by atoms with E-state index < -0.39 is 36.4 Å². The lowest BCUT2D eigenvalue weighted by atomic mass is 9.71. The number of carbonyl (C=O) groups excluding carboxylic acids is 2. The molecule has 706 valence electrons. The van der Waals surface area contributed by atoms with E-state index in [0.29, 0.717) is 108 Å². The number of nitrogens with one attached hydrogen (secondary N) is 2. The third-order valence-electron chi connectivity index (χ3n) is 25.6. The molecule has 9 fully saturated rings. The fraction of sp³-hybridized carbons (Fsp3) is 0.468. The molecule has 5 spiro atoms. The molecule has 11 heterocycles. The van der Waals surface area contributed by atoms with Crippen LogP contribution in [0.15, 0.2) is 173 Å². The number of aromatic nitrogens is 10. The molecule has 2 amide bonds. The summed E-state index contributed by atoms with van der Waals surface area (Å²) >= 11 is 6.44. The highest BCUT2D eigenvalue weighted by atomic mass is 79.9. The maximum Gasteiger partial charge on any atom is 0.490 e. The van der Waals surface area contributed by atoms with E-state index in [1.807, 2.05) is 60.7 Å². The monoisotopic (exact) mass is 1960 g/mol. The van der Waals surface area contributed by atoms with Gasteiger partial charge in [-0.1, -0.05) is 84.9 Å². The molecule has 11 aliphatic rings. The average Bonchev–Trinajstić information content (AvgIpc) is 1.62. The molecule has 6 saturated heterocycles. The Kier molecular flexibility index (Phi) is 33.6. The number of hydrogen-bond acceptors (Lipinski definition) is 31.